The van der Waals surface area contributed by atoms with Gasteiger partial charge in [0.25, 0.3) is 0 Å². The maximum absolute atomic E-state index is 5.88. The molecule has 0 aromatic heterocycles. The number of nitrogens with zero attached hydrogens (tertiary/aromatic N) is 1. The first-order valence-corrected chi connectivity index (χ1v) is 9.40. The number of ether oxygens (including phenoxy) is 4. The average Bonchev–Trinajstić information content (AvgIpc) is 3.21. The van der Waals surface area contributed by atoms with Gasteiger partial charge in [0.1, 0.15) is 5.75 Å². The van der Waals surface area contributed by atoms with Gasteiger partial charge >= 0.3 is 0 Å². The summed E-state index contributed by atoms with van der Waals surface area (Å²) in [6.07, 6.45) is 2.55. The molecule has 0 saturated carbocycles. The molecule has 0 amide bonds. The fourth-order valence-corrected chi connectivity index (χ4v) is 3.57. The molecule has 1 fully saturated rings. The second-order valence-corrected chi connectivity index (χ2v) is 6.81. The first-order valence-electron chi connectivity index (χ1n) is 9.40. The molecule has 1 saturated heterocycles. The van der Waals surface area contributed by atoms with Crippen molar-refractivity contribution in [3.8, 4) is 17.2 Å². The summed E-state index contributed by atoms with van der Waals surface area (Å²) >= 11 is 0. The molecule has 146 valence electrons. The van der Waals surface area contributed by atoms with Crippen LogP contribution in [0.15, 0.2) is 42.5 Å². The molecule has 0 aliphatic carbocycles. The zero-order chi connectivity index (χ0) is 19.1. The predicted octanol–water partition coefficient (Wildman–Crippen LogP) is 3.89. The molecule has 3 rings (SSSR count). The maximum Gasteiger partial charge on any atom is 0.165 e. The molecular weight excluding hydrogens is 342 g/mol. The minimum atomic E-state index is 0.292. The molecule has 1 aliphatic heterocycles. The fourth-order valence-electron chi connectivity index (χ4n) is 3.57. The van der Waals surface area contributed by atoms with Crippen LogP contribution in [0, 0.1) is 0 Å². The molecule has 5 nitrogen and oxygen atoms in total. The predicted molar refractivity (Wildman–Crippen MR) is 106 cm³/mol. The van der Waals surface area contributed by atoms with Crippen LogP contribution in [0.5, 0.6) is 17.2 Å². The summed E-state index contributed by atoms with van der Waals surface area (Å²) in [6, 6.07) is 14.3. The minimum absolute atomic E-state index is 0.292. The molecule has 1 atom stereocenters. The highest BCUT2D eigenvalue weighted by Crippen LogP contribution is 2.32. The Morgan fingerprint density at radius 1 is 0.963 bits per heavy atom. The summed E-state index contributed by atoms with van der Waals surface area (Å²) in [6.45, 7) is 3.37. The van der Waals surface area contributed by atoms with E-state index in [1.807, 2.05) is 24.3 Å². The van der Waals surface area contributed by atoms with Crippen molar-refractivity contribution in [1.29, 1.82) is 0 Å². The summed E-state index contributed by atoms with van der Waals surface area (Å²) in [5, 5.41) is 0. The van der Waals surface area contributed by atoms with Crippen LogP contribution in [0.1, 0.15) is 24.0 Å². The molecule has 1 unspecified atom stereocenters. The normalized spacial score (nSPS) is 16.5. The monoisotopic (exact) mass is 371 g/mol. The fraction of sp³-hybridized carbons (Fsp3) is 0.455. The smallest absolute Gasteiger partial charge is 0.165 e. The van der Waals surface area contributed by atoms with Crippen LogP contribution < -0.4 is 14.2 Å². The summed E-state index contributed by atoms with van der Waals surface area (Å²) < 4.78 is 22.2. The Labute approximate surface area is 161 Å². The van der Waals surface area contributed by atoms with E-state index in [9.17, 15) is 0 Å². The Bertz CT molecular complexity index is 711. The Morgan fingerprint density at radius 2 is 1.78 bits per heavy atom. The molecule has 0 bridgehead atoms. The second-order valence-electron chi connectivity index (χ2n) is 6.81. The van der Waals surface area contributed by atoms with Crippen LogP contribution in [-0.2, 0) is 17.8 Å². The number of hydrogen-bond donors (Lipinski definition) is 0. The molecular formula is C22H29NO4. The zero-order valence-electron chi connectivity index (χ0n) is 16.4. The lowest BCUT2D eigenvalue weighted by Gasteiger charge is -2.26. The van der Waals surface area contributed by atoms with Gasteiger partial charge in [0.15, 0.2) is 11.5 Å². The molecule has 1 aliphatic rings. The first kappa shape index (κ1) is 19.5. The third-order valence-corrected chi connectivity index (χ3v) is 4.93. The average molecular weight is 371 g/mol. The van der Waals surface area contributed by atoms with E-state index in [1.165, 1.54) is 5.56 Å². The Kier molecular flexibility index (Phi) is 6.96. The lowest BCUT2D eigenvalue weighted by molar-refractivity contribution is 0.0676. The van der Waals surface area contributed by atoms with Crippen molar-refractivity contribution in [2.24, 2.45) is 0 Å². The quantitative estimate of drug-likeness (QED) is 0.669. The number of rotatable bonds is 9. The third-order valence-electron chi connectivity index (χ3n) is 4.93. The van der Waals surface area contributed by atoms with E-state index in [2.05, 4.69) is 23.1 Å². The van der Waals surface area contributed by atoms with Crippen molar-refractivity contribution in [2.45, 2.75) is 32.0 Å². The topological polar surface area (TPSA) is 40.2 Å². The molecule has 27 heavy (non-hydrogen) atoms. The minimum Gasteiger partial charge on any atom is -0.497 e. The van der Waals surface area contributed by atoms with Gasteiger partial charge < -0.3 is 18.9 Å². The van der Waals surface area contributed by atoms with E-state index in [0.717, 1.165) is 61.9 Å². The number of benzene rings is 2. The van der Waals surface area contributed by atoms with Crippen LogP contribution in [0.3, 0.4) is 0 Å². The number of para-hydroxylation sites is 1. The number of hydrogen-bond acceptors (Lipinski definition) is 5. The van der Waals surface area contributed by atoms with E-state index >= 15 is 0 Å². The van der Waals surface area contributed by atoms with Crippen LogP contribution in [0.25, 0.3) is 0 Å². The lowest BCUT2D eigenvalue weighted by Crippen LogP contribution is -2.31. The zero-order valence-corrected chi connectivity index (χ0v) is 16.4. The molecule has 0 radical (unpaired) electrons. The van der Waals surface area contributed by atoms with E-state index in [4.69, 9.17) is 18.9 Å². The van der Waals surface area contributed by atoms with Gasteiger partial charge in [-0.3, -0.25) is 4.90 Å². The van der Waals surface area contributed by atoms with Crippen molar-refractivity contribution in [3.63, 3.8) is 0 Å². The molecule has 2 aromatic carbocycles. The highest BCUT2D eigenvalue weighted by atomic mass is 16.5. The van der Waals surface area contributed by atoms with Gasteiger partial charge in [-0.25, -0.2) is 0 Å². The van der Waals surface area contributed by atoms with Crippen LogP contribution in [0.2, 0.25) is 0 Å². The van der Waals surface area contributed by atoms with Gasteiger partial charge in [-0.2, -0.15) is 0 Å². The molecule has 2 aromatic rings. The Hall–Kier alpha value is -2.24. The third kappa shape index (κ3) is 5.15. The highest BCUT2D eigenvalue weighted by molar-refractivity contribution is 5.46. The molecule has 1 heterocycles. The van der Waals surface area contributed by atoms with Gasteiger partial charge in [-0.15, -0.1) is 0 Å². The van der Waals surface area contributed by atoms with Gasteiger partial charge in [-0.1, -0.05) is 24.3 Å². The van der Waals surface area contributed by atoms with Gasteiger partial charge in [-0.05, 0) is 36.6 Å². The van der Waals surface area contributed by atoms with Crippen molar-refractivity contribution in [2.75, 3.05) is 34.5 Å². The molecule has 0 spiro atoms. The standard InChI is InChI=1S/C22H29NO4/c1-24-19-11-9-17(10-12-19)14-23(16-20-7-5-13-27-20)15-18-6-4-8-21(25-2)22(18)26-3/h4,6,8-12,20H,5,7,13-16H2,1-3H3. The van der Waals surface area contributed by atoms with Crippen molar-refractivity contribution < 1.29 is 18.9 Å². The van der Waals surface area contributed by atoms with E-state index in [1.54, 1.807) is 21.3 Å². The molecule has 0 N–H and O–H groups in total. The van der Waals surface area contributed by atoms with Crippen LogP contribution in [-0.4, -0.2) is 45.5 Å². The van der Waals surface area contributed by atoms with Gasteiger partial charge in [0.05, 0.1) is 27.4 Å². The highest BCUT2D eigenvalue weighted by Gasteiger charge is 2.21. The van der Waals surface area contributed by atoms with E-state index < -0.39 is 0 Å². The maximum atomic E-state index is 5.88. The summed E-state index contributed by atoms with van der Waals surface area (Å²) in [5.41, 5.74) is 2.36. The van der Waals surface area contributed by atoms with E-state index in [0.29, 0.717) is 6.10 Å². The second kappa shape index (κ2) is 9.62. The molecule has 5 heteroatoms. The summed E-state index contributed by atoms with van der Waals surface area (Å²) in [5.74, 6) is 2.43. The van der Waals surface area contributed by atoms with Crippen molar-refractivity contribution in [3.05, 3.63) is 53.6 Å². The van der Waals surface area contributed by atoms with E-state index in [-0.39, 0.29) is 0 Å². The van der Waals surface area contributed by atoms with Crippen molar-refractivity contribution >= 4 is 0 Å². The Balaban J connectivity index is 1.78. The van der Waals surface area contributed by atoms with Gasteiger partial charge in [0.2, 0.25) is 0 Å². The van der Waals surface area contributed by atoms with Crippen LogP contribution in [0.4, 0.5) is 0 Å². The van der Waals surface area contributed by atoms with Crippen molar-refractivity contribution in [1.82, 2.24) is 4.90 Å². The Morgan fingerprint density at radius 3 is 2.41 bits per heavy atom. The summed E-state index contributed by atoms with van der Waals surface area (Å²) in [4.78, 5) is 2.41. The first-order chi connectivity index (χ1) is 13.2. The lowest BCUT2D eigenvalue weighted by atomic mass is 10.1. The number of methoxy groups -OCH3 is 3. The summed E-state index contributed by atoms with van der Waals surface area (Å²) in [7, 11) is 5.05. The van der Waals surface area contributed by atoms with Crippen LogP contribution >= 0.6 is 0 Å². The SMILES string of the molecule is COc1ccc(CN(Cc2cccc(OC)c2OC)CC2CCCO2)cc1. The van der Waals surface area contributed by atoms with Gasteiger partial charge in [0, 0.05) is 31.8 Å². The largest absolute Gasteiger partial charge is 0.497 e.